The molecule has 1 atom stereocenters. The monoisotopic (exact) mass is 666 g/mol. The van der Waals surface area contributed by atoms with Crippen molar-refractivity contribution in [3.05, 3.63) is 120 Å². The minimum absolute atomic E-state index is 0.0259. The highest BCUT2D eigenvalue weighted by molar-refractivity contribution is 7.23. The zero-order valence-corrected chi connectivity index (χ0v) is 25.3. The van der Waals surface area contributed by atoms with E-state index in [1.807, 2.05) is 34.9 Å². The summed E-state index contributed by atoms with van der Waals surface area (Å²) in [4.78, 5) is 32.9. The van der Waals surface area contributed by atoms with Crippen LogP contribution in [0.15, 0.2) is 103 Å². The molecule has 0 bridgehead atoms. The van der Waals surface area contributed by atoms with E-state index in [0.29, 0.717) is 34.0 Å². The van der Waals surface area contributed by atoms with Crippen molar-refractivity contribution in [2.24, 2.45) is 0 Å². The maximum absolute atomic E-state index is 13.8. The van der Waals surface area contributed by atoms with Gasteiger partial charge in [-0.15, -0.1) is 0 Å². The number of para-hydroxylation sites is 1. The molecule has 6 rings (SSSR count). The molecule has 0 fully saturated rings. The number of anilines is 2. The molecule has 47 heavy (non-hydrogen) atoms. The third kappa shape index (κ3) is 6.70. The number of benzene rings is 4. The number of nitrogens with one attached hydrogen (secondary N) is 1. The summed E-state index contributed by atoms with van der Waals surface area (Å²) < 4.78 is 85.3. The quantitative estimate of drug-likeness (QED) is 0.173. The Bertz CT molecular complexity index is 2050. The molecule has 0 saturated carbocycles. The Morgan fingerprint density at radius 1 is 0.851 bits per heavy atom. The highest BCUT2D eigenvalue weighted by Crippen LogP contribution is 2.39. The third-order valence-electron chi connectivity index (χ3n) is 7.52. The second kappa shape index (κ2) is 12.2. The van der Waals surface area contributed by atoms with E-state index in [-0.39, 0.29) is 12.5 Å². The average Bonchev–Trinajstić information content (AvgIpc) is 3.59. The van der Waals surface area contributed by atoms with Crippen LogP contribution in [0.25, 0.3) is 26.4 Å². The lowest BCUT2D eigenvalue weighted by atomic mass is 10.0. The van der Waals surface area contributed by atoms with Crippen LogP contribution in [0, 0.1) is 0 Å². The summed E-state index contributed by atoms with van der Waals surface area (Å²) in [5, 5.41) is 2.68. The van der Waals surface area contributed by atoms with Crippen molar-refractivity contribution in [1.82, 2.24) is 9.38 Å². The van der Waals surface area contributed by atoms with Gasteiger partial charge in [-0.3, -0.25) is 18.9 Å². The van der Waals surface area contributed by atoms with Gasteiger partial charge in [-0.25, -0.2) is 4.98 Å². The Morgan fingerprint density at radius 3 is 2.09 bits per heavy atom. The number of alkyl halides is 6. The molecule has 6 nitrogen and oxygen atoms in total. The molecule has 13 heteroatoms. The average molecular weight is 667 g/mol. The van der Waals surface area contributed by atoms with E-state index < -0.39 is 47.0 Å². The predicted octanol–water partition coefficient (Wildman–Crippen LogP) is 8.86. The zero-order valence-electron chi connectivity index (χ0n) is 24.4. The van der Waals surface area contributed by atoms with Gasteiger partial charge in [0, 0.05) is 36.5 Å². The van der Waals surface area contributed by atoms with E-state index in [4.69, 9.17) is 4.98 Å². The molecular formula is C34H24F6N4O2S. The number of halogens is 6. The Kier molecular flexibility index (Phi) is 8.26. The minimum atomic E-state index is -5.14. The number of nitrogens with zero attached hydrogens (tertiary/aromatic N) is 3. The van der Waals surface area contributed by atoms with Gasteiger partial charge in [0.1, 0.15) is 6.04 Å². The number of amides is 2. The van der Waals surface area contributed by atoms with E-state index in [1.54, 1.807) is 54.6 Å². The topological polar surface area (TPSA) is 66.7 Å². The molecule has 0 spiro atoms. The van der Waals surface area contributed by atoms with E-state index in [9.17, 15) is 35.9 Å². The number of aromatic nitrogens is 2. The summed E-state index contributed by atoms with van der Waals surface area (Å²) in [6.07, 6.45) is -8.59. The molecule has 0 radical (unpaired) electrons. The van der Waals surface area contributed by atoms with E-state index in [0.717, 1.165) is 27.7 Å². The lowest BCUT2D eigenvalue weighted by molar-refractivity contribution is -0.143. The van der Waals surface area contributed by atoms with Gasteiger partial charge < -0.3 is 5.32 Å². The number of carbonyl (C=O) groups excluding carboxylic acids is 2. The van der Waals surface area contributed by atoms with Gasteiger partial charge in [0.2, 0.25) is 11.8 Å². The van der Waals surface area contributed by atoms with Crippen LogP contribution < -0.4 is 10.2 Å². The van der Waals surface area contributed by atoms with Gasteiger partial charge in [0.15, 0.2) is 4.96 Å². The maximum Gasteiger partial charge on any atom is 0.416 e. The summed E-state index contributed by atoms with van der Waals surface area (Å²) in [5.41, 5.74) is -0.634. The van der Waals surface area contributed by atoms with Gasteiger partial charge in [-0.05, 0) is 48.0 Å². The first-order chi connectivity index (χ1) is 22.3. The summed E-state index contributed by atoms with van der Waals surface area (Å²) >= 11 is 1.54. The van der Waals surface area contributed by atoms with Gasteiger partial charge in [-0.1, -0.05) is 65.9 Å². The fourth-order valence-electron chi connectivity index (χ4n) is 5.34. The van der Waals surface area contributed by atoms with Crippen molar-refractivity contribution in [1.29, 1.82) is 0 Å². The number of hydrogen-bond acceptors (Lipinski definition) is 4. The SMILES string of the molecule is CC(=O)N(c1cc(C(F)(F)F)cc(C(F)(F)F)c1)C(Cc1ccccc1)C(=O)Nc1ccc(-c2cn3c(n2)sc2ccccc23)cc1. The van der Waals surface area contributed by atoms with Crippen molar-refractivity contribution in [2.75, 3.05) is 10.2 Å². The van der Waals surface area contributed by atoms with E-state index in [2.05, 4.69) is 5.32 Å². The Labute approximate surface area is 267 Å². The van der Waals surface area contributed by atoms with Gasteiger partial charge in [0.25, 0.3) is 0 Å². The molecule has 0 saturated heterocycles. The molecular weight excluding hydrogens is 642 g/mol. The number of thiazole rings is 1. The molecule has 0 aliphatic rings. The summed E-state index contributed by atoms with van der Waals surface area (Å²) in [6.45, 7) is 0.979. The molecule has 2 heterocycles. The Balaban J connectivity index is 1.33. The fourth-order valence-corrected chi connectivity index (χ4v) is 6.34. The molecule has 2 amide bonds. The molecule has 1 unspecified atom stereocenters. The molecule has 0 aliphatic heterocycles. The molecule has 0 aliphatic carbocycles. The summed E-state index contributed by atoms with van der Waals surface area (Å²) in [5.74, 6) is -1.73. The summed E-state index contributed by atoms with van der Waals surface area (Å²) in [6, 6.07) is 22.2. The second-order valence-corrected chi connectivity index (χ2v) is 11.8. The first kappa shape index (κ1) is 31.8. The van der Waals surface area contributed by atoms with Crippen molar-refractivity contribution < 1.29 is 35.9 Å². The van der Waals surface area contributed by atoms with Gasteiger partial charge in [-0.2, -0.15) is 26.3 Å². The number of rotatable bonds is 7. The van der Waals surface area contributed by atoms with Crippen molar-refractivity contribution >= 4 is 49.7 Å². The lowest BCUT2D eigenvalue weighted by Crippen LogP contribution is -2.48. The molecule has 1 N–H and O–H groups in total. The normalized spacial score (nSPS) is 12.7. The van der Waals surface area contributed by atoms with Crippen LogP contribution in [-0.4, -0.2) is 27.2 Å². The van der Waals surface area contributed by atoms with E-state index >= 15 is 0 Å². The lowest BCUT2D eigenvalue weighted by Gasteiger charge is -2.31. The fraction of sp³-hybridized carbons (Fsp3) is 0.147. The summed E-state index contributed by atoms with van der Waals surface area (Å²) in [7, 11) is 0. The molecule has 240 valence electrons. The molecule has 4 aromatic carbocycles. The number of carbonyl (C=O) groups is 2. The van der Waals surface area contributed by atoms with Crippen LogP contribution in [0.5, 0.6) is 0 Å². The highest BCUT2D eigenvalue weighted by atomic mass is 32.1. The second-order valence-electron chi connectivity index (χ2n) is 10.8. The van der Waals surface area contributed by atoms with Crippen LogP contribution in [0.1, 0.15) is 23.6 Å². The molecule has 6 aromatic rings. The van der Waals surface area contributed by atoms with Crippen molar-refractivity contribution in [3.8, 4) is 11.3 Å². The van der Waals surface area contributed by atoms with E-state index in [1.165, 1.54) is 11.3 Å². The van der Waals surface area contributed by atoms with Crippen LogP contribution in [0.2, 0.25) is 0 Å². The van der Waals surface area contributed by atoms with Gasteiger partial charge >= 0.3 is 12.4 Å². The maximum atomic E-state index is 13.8. The highest BCUT2D eigenvalue weighted by Gasteiger charge is 2.39. The first-order valence-corrected chi connectivity index (χ1v) is 15.0. The predicted molar refractivity (Wildman–Crippen MR) is 168 cm³/mol. The third-order valence-corrected chi connectivity index (χ3v) is 8.56. The number of fused-ring (bicyclic) bond motifs is 3. The first-order valence-electron chi connectivity index (χ1n) is 14.2. The van der Waals surface area contributed by atoms with Crippen LogP contribution in [0.3, 0.4) is 0 Å². The van der Waals surface area contributed by atoms with Gasteiger partial charge in [0.05, 0.1) is 27.0 Å². The van der Waals surface area contributed by atoms with Crippen LogP contribution in [0.4, 0.5) is 37.7 Å². The number of imidazole rings is 1. The molecule has 2 aromatic heterocycles. The Hall–Kier alpha value is -5.17. The van der Waals surface area contributed by atoms with Crippen LogP contribution >= 0.6 is 11.3 Å². The van der Waals surface area contributed by atoms with Crippen LogP contribution in [-0.2, 0) is 28.4 Å². The Morgan fingerprint density at radius 2 is 1.47 bits per heavy atom. The smallest absolute Gasteiger partial charge is 0.324 e. The zero-order chi connectivity index (χ0) is 33.5. The largest absolute Gasteiger partial charge is 0.416 e. The number of hydrogen-bond donors (Lipinski definition) is 1. The standard InChI is InChI=1S/C34H24F6N4O2S/c1-20(45)44(26-17-23(33(35,36)37)16-24(18-26)34(38,39)40)29(15-21-7-3-2-4-8-21)31(46)41-25-13-11-22(12-14-25)27-19-43-28-9-5-6-10-30(28)47-32(43)42-27/h2-14,16-19,29H,15H2,1H3,(H,41,46). The van der Waals surface area contributed by atoms with Crippen molar-refractivity contribution in [2.45, 2.75) is 31.7 Å². The van der Waals surface area contributed by atoms with Crippen molar-refractivity contribution in [3.63, 3.8) is 0 Å². The minimum Gasteiger partial charge on any atom is -0.324 e.